The maximum atomic E-state index is 2.47. The molecular formula is C13H22N+. The third-order valence-electron chi connectivity index (χ3n) is 2.91. The van der Waals surface area contributed by atoms with Crippen molar-refractivity contribution >= 4 is 0 Å². The van der Waals surface area contributed by atoms with Crippen molar-refractivity contribution in [2.45, 2.75) is 53.5 Å². The molecule has 78 valence electrons. The van der Waals surface area contributed by atoms with Gasteiger partial charge in [0.2, 0.25) is 0 Å². The molecule has 1 aromatic rings. The molecule has 14 heavy (non-hydrogen) atoms. The minimum Gasteiger partial charge on any atom is -0.198 e. The molecule has 0 saturated carbocycles. The summed E-state index contributed by atoms with van der Waals surface area (Å²) in [6.07, 6.45) is 2.31. The number of hydrogen-bond acceptors (Lipinski definition) is 0. The van der Waals surface area contributed by atoms with Gasteiger partial charge in [-0.25, -0.2) is 0 Å². The van der Waals surface area contributed by atoms with E-state index in [-0.39, 0.29) is 0 Å². The summed E-state index contributed by atoms with van der Waals surface area (Å²) in [7, 11) is 0. The summed E-state index contributed by atoms with van der Waals surface area (Å²) in [6.45, 7) is 11.1. The molecule has 0 saturated heterocycles. The second-order valence-corrected chi connectivity index (χ2v) is 4.15. The maximum Gasteiger partial charge on any atom is 0.181 e. The van der Waals surface area contributed by atoms with E-state index < -0.39 is 0 Å². The van der Waals surface area contributed by atoms with Crippen LogP contribution in [0.15, 0.2) is 12.1 Å². The summed E-state index contributed by atoms with van der Waals surface area (Å²) in [6, 6.07) is 5.19. The number of aryl methyl sites for hydroxylation is 3. The first-order valence-corrected chi connectivity index (χ1v) is 5.61. The van der Waals surface area contributed by atoms with E-state index in [1.165, 1.54) is 23.4 Å². The van der Waals surface area contributed by atoms with E-state index in [1.807, 2.05) is 0 Å². The highest BCUT2D eigenvalue weighted by atomic mass is 15.0. The summed E-state index contributed by atoms with van der Waals surface area (Å²) < 4.78 is 2.47. The fourth-order valence-electron chi connectivity index (χ4n) is 2.09. The highest BCUT2D eigenvalue weighted by molar-refractivity contribution is 5.14. The quantitative estimate of drug-likeness (QED) is 0.648. The standard InChI is InChI=1S/C13H22N/c1-6-11(4)14-12(5)8-10(3)9-13(14)7-2/h8-9,11H,6-7H2,1-5H3/q+1. The van der Waals surface area contributed by atoms with Gasteiger partial charge in [-0.2, -0.15) is 4.57 Å². The van der Waals surface area contributed by atoms with Crippen LogP contribution in [0.3, 0.4) is 0 Å². The zero-order chi connectivity index (χ0) is 10.7. The van der Waals surface area contributed by atoms with E-state index in [0.717, 1.165) is 6.42 Å². The van der Waals surface area contributed by atoms with Crippen LogP contribution in [-0.4, -0.2) is 0 Å². The van der Waals surface area contributed by atoms with Crippen molar-refractivity contribution < 1.29 is 4.57 Å². The fraction of sp³-hybridized carbons (Fsp3) is 0.615. The van der Waals surface area contributed by atoms with Crippen LogP contribution < -0.4 is 4.57 Å². The monoisotopic (exact) mass is 192 g/mol. The van der Waals surface area contributed by atoms with Crippen molar-refractivity contribution in [3.8, 4) is 0 Å². The number of hydrogen-bond donors (Lipinski definition) is 0. The first kappa shape index (κ1) is 11.2. The van der Waals surface area contributed by atoms with Crippen LogP contribution in [0.2, 0.25) is 0 Å². The third kappa shape index (κ3) is 2.14. The van der Waals surface area contributed by atoms with Gasteiger partial charge < -0.3 is 0 Å². The van der Waals surface area contributed by atoms with Crippen molar-refractivity contribution in [3.63, 3.8) is 0 Å². The average molecular weight is 192 g/mol. The van der Waals surface area contributed by atoms with Crippen LogP contribution in [0, 0.1) is 13.8 Å². The van der Waals surface area contributed by atoms with Gasteiger partial charge in [0.05, 0.1) is 0 Å². The van der Waals surface area contributed by atoms with Crippen LogP contribution in [0.1, 0.15) is 50.2 Å². The normalized spacial score (nSPS) is 12.9. The van der Waals surface area contributed by atoms with E-state index in [4.69, 9.17) is 0 Å². The predicted octanol–water partition coefficient (Wildman–Crippen LogP) is 3.12. The fourth-order valence-corrected chi connectivity index (χ4v) is 2.09. The Balaban J connectivity index is 3.24. The van der Waals surface area contributed by atoms with Gasteiger partial charge in [-0.1, -0.05) is 13.8 Å². The highest BCUT2D eigenvalue weighted by Crippen LogP contribution is 2.09. The molecular weight excluding hydrogens is 170 g/mol. The largest absolute Gasteiger partial charge is 0.198 e. The van der Waals surface area contributed by atoms with Gasteiger partial charge in [0.15, 0.2) is 17.4 Å². The van der Waals surface area contributed by atoms with Gasteiger partial charge in [-0.3, -0.25) is 0 Å². The Kier molecular flexibility index (Phi) is 3.68. The third-order valence-corrected chi connectivity index (χ3v) is 2.91. The molecule has 1 heterocycles. The predicted molar refractivity (Wildman–Crippen MR) is 60.5 cm³/mol. The van der Waals surface area contributed by atoms with Crippen molar-refractivity contribution in [2.24, 2.45) is 0 Å². The molecule has 1 aromatic heterocycles. The summed E-state index contributed by atoms with van der Waals surface area (Å²) in [5.41, 5.74) is 4.21. The summed E-state index contributed by atoms with van der Waals surface area (Å²) in [4.78, 5) is 0. The molecule has 0 aliphatic rings. The van der Waals surface area contributed by atoms with Gasteiger partial charge in [-0.05, 0) is 19.4 Å². The Morgan fingerprint density at radius 3 is 2.36 bits per heavy atom. The molecule has 1 unspecified atom stereocenters. The Morgan fingerprint density at radius 2 is 1.86 bits per heavy atom. The van der Waals surface area contributed by atoms with Gasteiger partial charge in [-0.15, -0.1) is 0 Å². The van der Waals surface area contributed by atoms with Crippen LogP contribution in [-0.2, 0) is 6.42 Å². The van der Waals surface area contributed by atoms with Crippen LogP contribution in [0.4, 0.5) is 0 Å². The second kappa shape index (κ2) is 4.59. The lowest BCUT2D eigenvalue weighted by molar-refractivity contribution is -0.732. The topological polar surface area (TPSA) is 3.88 Å². The lowest BCUT2D eigenvalue weighted by Gasteiger charge is -2.11. The Bertz CT molecular complexity index is 315. The van der Waals surface area contributed by atoms with Crippen molar-refractivity contribution in [3.05, 3.63) is 29.1 Å². The number of rotatable bonds is 3. The van der Waals surface area contributed by atoms with Gasteiger partial charge in [0.25, 0.3) is 0 Å². The van der Waals surface area contributed by atoms with Crippen molar-refractivity contribution in [1.29, 1.82) is 0 Å². The van der Waals surface area contributed by atoms with E-state index in [0.29, 0.717) is 6.04 Å². The molecule has 0 N–H and O–H groups in total. The molecule has 0 aliphatic carbocycles. The Hall–Kier alpha value is -0.850. The first-order valence-electron chi connectivity index (χ1n) is 5.61. The highest BCUT2D eigenvalue weighted by Gasteiger charge is 2.18. The molecule has 1 atom stereocenters. The zero-order valence-corrected chi connectivity index (χ0v) is 10.1. The molecule has 0 bridgehead atoms. The van der Waals surface area contributed by atoms with Crippen LogP contribution in [0.25, 0.3) is 0 Å². The molecule has 0 spiro atoms. The van der Waals surface area contributed by atoms with Crippen molar-refractivity contribution in [2.75, 3.05) is 0 Å². The lowest BCUT2D eigenvalue weighted by Crippen LogP contribution is -2.44. The molecule has 0 fully saturated rings. The maximum absolute atomic E-state index is 2.47. The van der Waals surface area contributed by atoms with E-state index in [9.17, 15) is 0 Å². The molecule has 1 nitrogen and oxygen atoms in total. The van der Waals surface area contributed by atoms with Crippen molar-refractivity contribution in [1.82, 2.24) is 0 Å². The summed E-state index contributed by atoms with van der Waals surface area (Å²) in [5, 5.41) is 0. The van der Waals surface area contributed by atoms with E-state index in [2.05, 4.69) is 51.3 Å². The molecule has 0 amide bonds. The van der Waals surface area contributed by atoms with E-state index in [1.54, 1.807) is 0 Å². The van der Waals surface area contributed by atoms with Gasteiger partial charge >= 0.3 is 0 Å². The Labute approximate surface area is 87.8 Å². The van der Waals surface area contributed by atoms with Crippen LogP contribution in [0.5, 0.6) is 0 Å². The molecule has 0 radical (unpaired) electrons. The lowest BCUT2D eigenvalue weighted by atomic mass is 10.1. The van der Waals surface area contributed by atoms with Gasteiger partial charge in [0.1, 0.15) is 0 Å². The van der Waals surface area contributed by atoms with Crippen LogP contribution >= 0.6 is 0 Å². The summed E-state index contributed by atoms with van der Waals surface area (Å²) >= 11 is 0. The minimum atomic E-state index is 0.616. The molecule has 0 aliphatic heterocycles. The zero-order valence-electron chi connectivity index (χ0n) is 10.1. The molecule has 1 rings (SSSR count). The average Bonchev–Trinajstić information content (AvgIpc) is 2.15. The number of aromatic nitrogens is 1. The number of nitrogens with zero attached hydrogens (tertiary/aromatic N) is 1. The smallest absolute Gasteiger partial charge is 0.181 e. The van der Waals surface area contributed by atoms with Gasteiger partial charge in [0, 0.05) is 31.9 Å². The number of pyridine rings is 1. The second-order valence-electron chi connectivity index (χ2n) is 4.15. The van der Waals surface area contributed by atoms with E-state index >= 15 is 0 Å². The molecule has 0 aromatic carbocycles. The first-order chi connectivity index (χ1) is 6.60. The minimum absolute atomic E-state index is 0.616. The Morgan fingerprint density at radius 1 is 1.21 bits per heavy atom. The molecule has 1 heteroatoms. The SMILES string of the molecule is CCc1cc(C)cc(C)[n+]1C(C)CC. The summed E-state index contributed by atoms with van der Waals surface area (Å²) in [5.74, 6) is 0.